The van der Waals surface area contributed by atoms with Gasteiger partial charge in [-0.3, -0.25) is 4.79 Å². The second-order valence-corrected chi connectivity index (χ2v) is 5.07. The van der Waals surface area contributed by atoms with Crippen molar-refractivity contribution in [3.05, 3.63) is 16.1 Å². The van der Waals surface area contributed by atoms with Crippen molar-refractivity contribution in [3.8, 4) is 0 Å². The van der Waals surface area contributed by atoms with Crippen LogP contribution < -0.4 is 9.44 Å². The van der Waals surface area contributed by atoms with Crippen molar-refractivity contribution in [2.75, 3.05) is 7.05 Å². The Morgan fingerprint density at radius 1 is 1.57 bits per heavy atom. The lowest BCUT2D eigenvalue weighted by molar-refractivity contribution is 0.0977. The van der Waals surface area contributed by atoms with E-state index in [9.17, 15) is 13.2 Å². The normalized spacial score (nSPS) is 11.3. The maximum Gasteiger partial charge on any atom is 0.301 e. The van der Waals surface area contributed by atoms with E-state index in [1.165, 1.54) is 23.8 Å². The van der Waals surface area contributed by atoms with E-state index in [2.05, 4.69) is 4.98 Å². The number of aryl methyl sites for hydroxylation is 1. The largest absolute Gasteiger partial charge is 0.301 e. The molecule has 0 aliphatic heterocycles. The molecule has 0 spiro atoms. The number of carbonyl (C=O) groups excluding carboxylic acids is 1. The third-order valence-corrected chi connectivity index (χ3v) is 3.11. The summed E-state index contributed by atoms with van der Waals surface area (Å²) in [5.74, 6) is -0.733. The highest BCUT2D eigenvalue weighted by molar-refractivity contribution is 7.88. The van der Waals surface area contributed by atoms with Crippen molar-refractivity contribution in [3.63, 3.8) is 0 Å². The first kappa shape index (κ1) is 11.1. The van der Waals surface area contributed by atoms with E-state index in [0.29, 0.717) is 5.01 Å². The van der Waals surface area contributed by atoms with Gasteiger partial charge in [0.15, 0.2) is 0 Å². The number of carbonyl (C=O) groups is 1. The lowest BCUT2D eigenvalue weighted by Gasteiger charge is -2.01. The van der Waals surface area contributed by atoms with E-state index in [4.69, 9.17) is 0 Å². The van der Waals surface area contributed by atoms with Gasteiger partial charge < -0.3 is 0 Å². The monoisotopic (exact) mass is 235 g/mol. The maximum atomic E-state index is 11.2. The van der Waals surface area contributed by atoms with E-state index in [1.54, 1.807) is 11.6 Å². The Labute approximate surface area is 85.5 Å². The number of aromatic nitrogens is 1. The molecule has 2 N–H and O–H groups in total. The zero-order valence-electron chi connectivity index (χ0n) is 7.57. The SMILES string of the molecule is CNS(=O)(=O)NC(=O)c1csc(C)n1. The van der Waals surface area contributed by atoms with Crippen LogP contribution in [0.4, 0.5) is 0 Å². The zero-order chi connectivity index (χ0) is 10.8. The van der Waals surface area contributed by atoms with Crippen molar-refractivity contribution in [1.29, 1.82) is 0 Å². The molecule has 1 aromatic rings. The lowest BCUT2D eigenvalue weighted by Crippen LogP contribution is -2.38. The molecule has 14 heavy (non-hydrogen) atoms. The minimum absolute atomic E-state index is 0.103. The second kappa shape index (κ2) is 4.03. The molecule has 0 saturated carbocycles. The molecule has 0 radical (unpaired) electrons. The van der Waals surface area contributed by atoms with E-state index < -0.39 is 16.1 Å². The molecule has 6 nitrogen and oxygen atoms in total. The van der Waals surface area contributed by atoms with Gasteiger partial charge >= 0.3 is 10.2 Å². The number of nitrogens with one attached hydrogen (secondary N) is 2. The molecule has 78 valence electrons. The number of nitrogens with zero attached hydrogens (tertiary/aromatic N) is 1. The van der Waals surface area contributed by atoms with E-state index in [-0.39, 0.29) is 5.69 Å². The Hall–Kier alpha value is -0.990. The highest BCUT2D eigenvalue weighted by Crippen LogP contribution is 2.07. The molecule has 0 aromatic carbocycles. The summed E-state index contributed by atoms with van der Waals surface area (Å²) in [6.45, 7) is 1.73. The molecule has 1 rings (SSSR count). The van der Waals surface area contributed by atoms with Gasteiger partial charge in [0.05, 0.1) is 5.01 Å². The molecular formula is C6H9N3O3S2. The van der Waals surface area contributed by atoms with Crippen molar-refractivity contribution in [2.24, 2.45) is 0 Å². The summed E-state index contributed by atoms with van der Waals surface area (Å²) in [6.07, 6.45) is 0. The van der Waals surface area contributed by atoms with Crippen LogP contribution in [-0.2, 0) is 10.2 Å². The number of amides is 1. The Balaban J connectivity index is 2.78. The Morgan fingerprint density at radius 2 is 2.21 bits per heavy atom. The minimum Gasteiger partial charge on any atom is -0.266 e. The van der Waals surface area contributed by atoms with Gasteiger partial charge in [-0.15, -0.1) is 11.3 Å². The van der Waals surface area contributed by atoms with Crippen LogP contribution in [0.25, 0.3) is 0 Å². The summed E-state index contributed by atoms with van der Waals surface area (Å²) < 4.78 is 25.6. The number of rotatable bonds is 3. The Morgan fingerprint density at radius 3 is 2.64 bits per heavy atom. The molecule has 8 heteroatoms. The summed E-state index contributed by atoms with van der Waals surface area (Å²) in [6, 6.07) is 0. The van der Waals surface area contributed by atoms with Crippen LogP contribution in [-0.4, -0.2) is 26.4 Å². The fraction of sp³-hybridized carbons (Fsp3) is 0.333. The Bertz CT molecular complexity index is 437. The van der Waals surface area contributed by atoms with Crippen LogP contribution >= 0.6 is 11.3 Å². The topological polar surface area (TPSA) is 88.2 Å². The number of thiazole rings is 1. The second-order valence-electron chi connectivity index (χ2n) is 2.39. The lowest BCUT2D eigenvalue weighted by atomic mass is 10.5. The van der Waals surface area contributed by atoms with Gasteiger partial charge in [-0.2, -0.15) is 8.42 Å². The molecule has 0 atom stereocenters. The highest BCUT2D eigenvalue weighted by Gasteiger charge is 2.15. The first-order chi connectivity index (χ1) is 6.44. The van der Waals surface area contributed by atoms with Crippen molar-refractivity contribution < 1.29 is 13.2 Å². The molecule has 1 amide bonds. The molecule has 0 unspecified atom stereocenters. The van der Waals surface area contributed by atoms with E-state index in [1.807, 2.05) is 4.72 Å². The van der Waals surface area contributed by atoms with Crippen LogP contribution in [0.2, 0.25) is 0 Å². The Kier molecular flexibility index (Phi) is 3.19. The van der Waals surface area contributed by atoms with Crippen LogP contribution in [0.3, 0.4) is 0 Å². The fourth-order valence-corrected chi connectivity index (χ4v) is 1.74. The van der Waals surface area contributed by atoms with Crippen molar-refractivity contribution >= 4 is 27.5 Å². The summed E-state index contributed by atoms with van der Waals surface area (Å²) in [5, 5.41) is 2.20. The van der Waals surface area contributed by atoms with Gasteiger partial charge in [0.25, 0.3) is 5.91 Å². The van der Waals surface area contributed by atoms with Gasteiger partial charge in [0.1, 0.15) is 5.69 Å². The molecule has 0 aliphatic rings. The van der Waals surface area contributed by atoms with Gasteiger partial charge in [-0.05, 0) is 6.92 Å². The predicted molar refractivity (Wildman–Crippen MR) is 52.3 cm³/mol. The average Bonchev–Trinajstić information content (AvgIpc) is 2.51. The maximum absolute atomic E-state index is 11.2. The molecule has 1 heterocycles. The molecule has 1 aromatic heterocycles. The third-order valence-electron chi connectivity index (χ3n) is 1.35. The number of hydrogen-bond acceptors (Lipinski definition) is 5. The highest BCUT2D eigenvalue weighted by atomic mass is 32.2. The summed E-state index contributed by atoms with van der Waals surface area (Å²) in [5.41, 5.74) is 0.103. The van der Waals surface area contributed by atoms with Crippen LogP contribution in [0, 0.1) is 6.92 Å². The standard InChI is InChI=1S/C6H9N3O3S2/c1-4-8-5(3-13-4)6(10)9-14(11,12)7-2/h3,7H,1-2H3,(H,9,10). The molecular weight excluding hydrogens is 226 g/mol. The van der Waals surface area contributed by atoms with E-state index >= 15 is 0 Å². The fourth-order valence-electron chi connectivity index (χ4n) is 0.693. The van der Waals surface area contributed by atoms with Crippen LogP contribution in [0.1, 0.15) is 15.5 Å². The van der Waals surface area contributed by atoms with Crippen LogP contribution in [0.15, 0.2) is 5.38 Å². The number of hydrogen-bond donors (Lipinski definition) is 2. The first-order valence-corrected chi connectivity index (χ1v) is 5.98. The van der Waals surface area contributed by atoms with Gasteiger partial charge in [-0.1, -0.05) is 0 Å². The smallest absolute Gasteiger partial charge is 0.266 e. The molecule has 0 saturated heterocycles. The molecule has 0 bridgehead atoms. The quantitative estimate of drug-likeness (QED) is 0.749. The summed E-state index contributed by atoms with van der Waals surface area (Å²) >= 11 is 1.28. The van der Waals surface area contributed by atoms with Gasteiger partial charge in [0.2, 0.25) is 0 Å². The van der Waals surface area contributed by atoms with Crippen molar-refractivity contribution in [1.82, 2.24) is 14.4 Å². The van der Waals surface area contributed by atoms with Gasteiger partial charge in [0, 0.05) is 12.4 Å². The summed E-state index contributed by atoms with van der Waals surface area (Å²) in [7, 11) is -2.53. The predicted octanol–water partition coefficient (Wildman–Crippen LogP) is -0.354. The van der Waals surface area contributed by atoms with Crippen molar-refractivity contribution in [2.45, 2.75) is 6.92 Å². The van der Waals surface area contributed by atoms with Gasteiger partial charge in [-0.25, -0.2) is 14.4 Å². The molecule has 0 fully saturated rings. The summed E-state index contributed by atoms with van der Waals surface area (Å²) in [4.78, 5) is 15.1. The van der Waals surface area contributed by atoms with Crippen LogP contribution in [0.5, 0.6) is 0 Å². The average molecular weight is 235 g/mol. The third kappa shape index (κ3) is 2.76. The zero-order valence-corrected chi connectivity index (χ0v) is 9.20. The van der Waals surface area contributed by atoms with E-state index in [0.717, 1.165) is 0 Å². The first-order valence-electron chi connectivity index (χ1n) is 3.62. The molecule has 0 aliphatic carbocycles. The minimum atomic E-state index is -3.74.